The average molecular weight is 443 g/mol. The topological polar surface area (TPSA) is 76.1 Å². The maximum absolute atomic E-state index is 13.0. The molecule has 168 valence electrons. The van der Waals surface area contributed by atoms with Crippen LogP contribution in [0, 0.1) is 0 Å². The zero-order valence-corrected chi connectivity index (χ0v) is 18.4. The van der Waals surface area contributed by atoms with E-state index in [4.69, 9.17) is 14.6 Å². The van der Waals surface area contributed by atoms with Gasteiger partial charge in [-0.1, -0.05) is 54.6 Å². The molecule has 0 fully saturated rings. The Kier molecular flexibility index (Phi) is 6.74. The molecule has 0 aromatic heterocycles. The van der Waals surface area contributed by atoms with Crippen molar-refractivity contribution in [3.63, 3.8) is 0 Å². The third-order valence-corrected chi connectivity index (χ3v) is 5.42. The Bertz CT molecular complexity index is 1190. The fraction of sp³-hybridized carbons (Fsp3) is 0.185. The number of rotatable bonds is 7. The van der Waals surface area contributed by atoms with Crippen molar-refractivity contribution in [2.45, 2.75) is 19.8 Å². The summed E-state index contributed by atoms with van der Waals surface area (Å²) in [6, 6.07) is 22.8. The van der Waals surface area contributed by atoms with E-state index in [1.54, 1.807) is 17.9 Å². The fourth-order valence-corrected chi connectivity index (χ4v) is 4.08. The van der Waals surface area contributed by atoms with Crippen molar-refractivity contribution in [2.24, 2.45) is 0 Å². The van der Waals surface area contributed by atoms with Gasteiger partial charge in [0.2, 0.25) is 0 Å². The summed E-state index contributed by atoms with van der Waals surface area (Å²) in [5.74, 6) is -0.444. The summed E-state index contributed by atoms with van der Waals surface area (Å²) in [4.78, 5) is 25.6. The third kappa shape index (κ3) is 4.75. The number of amides is 1. The molecule has 4 rings (SSSR count). The minimum atomic E-state index is -1.02. The molecule has 0 unspecified atom stereocenters. The molecule has 1 aliphatic rings. The lowest BCUT2D eigenvalue weighted by Crippen LogP contribution is -2.27. The number of allylic oxidation sites excluding steroid dienone is 1. The molecular formula is C27H25NO5. The van der Waals surface area contributed by atoms with E-state index in [0.717, 1.165) is 35.1 Å². The molecule has 0 atom stereocenters. The molecule has 1 N–H and O–H groups in total. The molecule has 0 radical (unpaired) electrons. The van der Waals surface area contributed by atoms with E-state index in [1.807, 2.05) is 66.7 Å². The van der Waals surface area contributed by atoms with Gasteiger partial charge in [0.1, 0.15) is 5.75 Å². The van der Waals surface area contributed by atoms with Crippen LogP contribution in [0.2, 0.25) is 0 Å². The average Bonchev–Trinajstić information content (AvgIpc) is 2.84. The van der Waals surface area contributed by atoms with Gasteiger partial charge in [-0.15, -0.1) is 0 Å². The van der Waals surface area contributed by atoms with Crippen molar-refractivity contribution in [3.05, 3.63) is 95.6 Å². The number of carboxylic acids is 1. The maximum atomic E-state index is 13.0. The summed E-state index contributed by atoms with van der Waals surface area (Å²) >= 11 is 0. The summed E-state index contributed by atoms with van der Waals surface area (Å²) in [6.45, 7) is 1.66. The second-order valence-corrected chi connectivity index (χ2v) is 7.51. The van der Waals surface area contributed by atoms with Gasteiger partial charge >= 0.3 is 12.1 Å². The number of carboxylic acid groups (broad SMARTS) is 1. The van der Waals surface area contributed by atoms with Gasteiger partial charge in [-0.05, 0) is 55.2 Å². The summed E-state index contributed by atoms with van der Waals surface area (Å²) in [7, 11) is 0. The van der Waals surface area contributed by atoms with Gasteiger partial charge in [0, 0.05) is 11.1 Å². The van der Waals surface area contributed by atoms with Crippen LogP contribution >= 0.6 is 0 Å². The minimum Gasteiger partial charge on any atom is -0.482 e. The lowest BCUT2D eigenvalue weighted by molar-refractivity contribution is -0.139. The zero-order chi connectivity index (χ0) is 23.2. The third-order valence-electron chi connectivity index (χ3n) is 5.42. The zero-order valence-electron chi connectivity index (χ0n) is 18.4. The molecule has 1 amide bonds. The van der Waals surface area contributed by atoms with Crippen LogP contribution in [0.1, 0.15) is 30.0 Å². The second kappa shape index (κ2) is 10.0. The number of para-hydroxylation sites is 2. The first-order chi connectivity index (χ1) is 16.1. The predicted octanol–water partition coefficient (Wildman–Crippen LogP) is 5.82. The number of carbonyl (C=O) groups is 2. The second-order valence-electron chi connectivity index (χ2n) is 7.51. The molecule has 3 aromatic rings. The van der Waals surface area contributed by atoms with Crippen LogP contribution in [0.25, 0.3) is 5.57 Å². The quantitative estimate of drug-likeness (QED) is 0.498. The van der Waals surface area contributed by atoms with E-state index in [9.17, 15) is 9.59 Å². The number of nitrogens with zero attached hydrogens (tertiary/aromatic N) is 1. The highest BCUT2D eigenvalue weighted by atomic mass is 16.6. The largest absolute Gasteiger partial charge is 0.482 e. The normalized spacial score (nSPS) is 12.3. The van der Waals surface area contributed by atoms with E-state index in [-0.39, 0.29) is 6.61 Å². The lowest BCUT2D eigenvalue weighted by atomic mass is 9.85. The van der Waals surface area contributed by atoms with Gasteiger partial charge in [0.25, 0.3) is 0 Å². The fourth-order valence-electron chi connectivity index (χ4n) is 4.08. The Morgan fingerprint density at radius 2 is 1.67 bits per heavy atom. The molecule has 0 heterocycles. The van der Waals surface area contributed by atoms with Crippen LogP contribution in [0.3, 0.4) is 0 Å². The first kappa shape index (κ1) is 22.1. The SMILES string of the molecule is CCOC(=O)N(c1ccccc1)c1ccccc1C1=CCCc2c(OCC(=O)O)cccc21. The standard InChI is InChI=1S/C27H25NO5/c1-2-32-27(31)28(19-10-4-3-5-11-19)24-16-7-6-12-22(24)20-13-8-15-23-21(20)14-9-17-25(23)33-18-26(29)30/h3-7,9-14,16-17H,2,8,15,18H2,1H3,(H,29,30). The molecular weight excluding hydrogens is 418 g/mol. The van der Waals surface area contributed by atoms with Crippen LogP contribution in [0.4, 0.5) is 16.2 Å². The van der Waals surface area contributed by atoms with E-state index < -0.39 is 18.7 Å². The first-order valence-corrected chi connectivity index (χ1v) is 10.9. The van der Waals surface area contributed by atoms with E-state index in [2.05, 4.69) is 6.08 Å². The molecule has 6 nitrogen and oxygen atoms in total. The Balaban J connectivity index is 1.81. The highest BCUT2D eigenvalue weighted by molar-refractivity contribution is 6.01. The van der Waals surface area contributed by atoms with Crippen molar-refractivity contribution in [1.29, 1.82) is 0 Å². The number of benzene rings is 3. The van der Waals surface area contributed by atoms with Gasteiger partial charge in [-0.2, -0.15) is 0 Å². The van der Waals surface area contributed by atoms with Crippen LogP contribution < -0.4 is 9.64 Å². The van der Waals surface area contributed by atoms with Gasteiger partial charge in [-0.25, -0.2) is 14.5 Å². The van der Waals surface area contributed by atoms with Crippen LogP contribution in [0.5, 0.6) is 5.75 Å². The Labute approximate surface area is 192 Å². The molecule has 0 bridgehead atoms. The molecule has 1 aliphatic carbocycles. The molecule has 0 spiro atoms. The Morgan fingerprint density at radius 1 is 0.939 bits per heavy atom. The summed E-state index contributed by atoms with van der Waals surface area (Å²) < 4.78 is 10.9. The smallest absolute Gasteiger partial charge is 0.418 e. The minimum absolute atomic E-state index is 0.264. The highest BCUT2D eigenvalue weighted by Crippen LogP contribution is 2.41. The number of hydrogen-bond acceptors (Lipinski definition) is 4. The number of aliphatic carboxylic acids is 1. The molecule has 0 saturated heterocycles. The van der Waals surface area contributed by atoms with E-state index in [1.165, 1.54) is 0 Å². The monoisotopic (exact) mass is 443 g/mol. The summed E-state index contributed by atoms with van der Waals surface area (Å²) in [5.41, 5.74) is 5.20. The number of ether oxygens (including phenoxy) is 2. The molecule has 0 aliphatic heterocycles. The van der Waals surface area contributed by atoms with E-state index >= 15 is 0 Å². The van der Waals surface area contributed by atoms with Crippen molar-refractivity contribution in [1.82, 2.24) is 0 Å². The molecule has 33 heavy (non-hydrogen) atoms. The number of fused-ring (bicyclic) bond motifs is 1. The van der Waals surface area contributed by atoms with Crippen molar-refractivity contribution < 1.29 is 24.2 Å². The number of hydrogen-bond donors (Lipinski definition) is 1. The van der Waals surface area contributed by atoms with E-state index in [0.29, 0.717) is 17.1 Å². The Hall–Kier alpha value is -4.06. The van der Waals surface area contributed by atoms with Crippen molar-refractivity contribution in [3.8, 4) is 5.75 Å². The van der Waals surface area contributed by atoms with Gasteiger partial charge in [-0.3, -0.25) is 0 Å². The first-order valence-electron chi connectivity index (χ1n) is 10.9. The Morgan fingerprint density at radius 3 is 2.42 bits per heavy atom. The number of carbonyl (C=O) groups excluding carboxylic acids is 1. The van der Waals surface area contributed by atoms with Crippen LogP contribution in [-0.4, -0.2) is 30.4 Å². The molecule has 6 heteroatoms. The maximum Gasteiger partial charge on any atom is 0.418 e. The van der Waals surface area contributed by atoms with Crippen molar-refractivity contribution in [2.75, 3.05) is 18.1 Å². The van der Waals surface area contributed by atoms with Crippen LogP contribution in [-0.2, 0) is 16.0 Å². The van der Waals surface area contributed by atoms with Crippen molar-refractivity contribution >= 4 is 29.0 Å². The highest BCUT2D eigenvalue weighted by Gasteiger charge is 2.26. The predicted molar refractivity (Wildman–Crippen MR) is 127 cm³/mol. The summed E-state index contributed by atoms with van der Waals surface area (Å²) in [5, 5.41) is 9.02. The lowest BCUT2D eigenvalue weighted by Gasteiger charge is -2.27. The molecule has 3 aromatic carbocycles. The van der Waals surface area contributed by atoms with Gasteiger partial charge in [0.15, 0.2) is 6.61 Å². The van der Waals surface area contributed by atoms with Gasteiger partial charge < -0.3 is 14.6 Å². The molecule has 0 saturated carbocycles. The summed E-state index contributed by atoms with van der Waals surface area (Å²) in [6.07, 6.45) is 3.22. The number of anilines is 2. The van der Waals surface area contributed by atoms with Crippen LogP contribution in [0.15, 0.2) is 78.9 Å². The van der Waals surface area contributed by atoms with Gasteiger partial charge in [0.05, 0.1) is 18.0 Å².